The molecule has 3 aromatic carbocycles. The summed E-state index contributed by atoms with van der Waals surface area (Å²) in [5, 5.41) is 1.66. The maximum atomic E-state index is 13.3. The summed E-state index contributed by atoms with van der Waals surface area (Å²) < 4.78 is 27.3. The number of ketones is 2. The van der Waals surface area contributed by atoms with Gasteiger partial charge >= 0.3 is 17.9 Å². The summed E-state index contributed by atoms with van der Waals surface area (Å²) in [6, 6.07) is 14.8. The molecule has 1 aliphatic carbocycles. The fourth-order valence-electron chi connectivity index (χ4n) is 5.16. The predicted molar refractivity (Wildman–Crippen MR) is 149 cm³/mol. The van der Waals surface area contributed by atoms with Crippen molar-refractivity contribution in [2.45, 2.75) is 25.9 Å². The summed E-state index contributed by atoms with van der Waals surface area (Å²) >= 11 is 0. The van der Waals surface area contributed by atoms with Crippen LogP contribution >= 0.6 is 0 Å². The van der Waals surface area contributed by atoms with Crippen LogP contribution in [-0.2, 0) is 29.4 Å². The minimum Gasteiger partial charge on any atom is -0.495 e. The summed E-state index contributed by atoms with van der Waals surface area (Å²) in [6.45, 7) is 3.14. The molecular formula is C32H26O10. The molecule has 0 bridgehead atoms. The highest BCUT2D eigenvalue weighted by atomic mass is 16.6. The smallest absolute Gasteiger partial charge is 0.342 e. The molecule has 0 unspecified atom stereocenters. The van der Waals surface area contributed by atoms with Crippen molar-refractivity contribution in [3.8, 4) is 5.75 Å². The van der Waals surface area contributed by atoms with E-state index in [1.165, 1.54) is 26.4 Å². The molecule has 0 saturated heterocycles. The van der Waals surface area contributed by atoms with E-state index in [0.29, 0.717) is 27.5 Å². The van der Waals surface area contributed by atoms with E-state index in [1.54, 1.807) is 56.3 Å². The van der Waals surface area contributed by atoms with Gasteiger partial charge in [0.25, 0.3) is 0 Å². The van der Waals surface area contributed by atoms with E-state index in [2.05, 4.69) is 0 Å². The van der Waals surface area contributed by atoms with Crippen LogP contribution in [0, 0.1) is 0 Å². The van der Waals surface area contributed by atoms with Crippen LogP contribution in [0.25, 0.3) is 21.7 Å². The molecular weight excluding hydrogens is 544 g/mol. The van der Waals surface area contributed by atoms with E-state index in [9.17, 15) is 24.0 Å². The summed E-state index contributed by atoms with van der Waals surface area (Å²) in [5.74, 6) is -3.44. The maximum Gasteiger partial charge on any atom is 0.342 e. The minimum absolute atomic E-state index is 0.0479. The molecule has 10 heteroatoms. The van der Waals surface area contributed by atoms with Gasteiger partial charge in [0.15, 0.2) is 11.4 Å². The lowest BCUT2D eigenvalue weighted by molar-refractivity contribution is -0.158. The fraction of sp³-hybridized carbons (Fsp3) is 0.219. The van der Waals surface area contributed by atoms with Crippen LogP contribution in [-0.4, -0.2) is 50.8 Å². The number of benzene rings is 3. The SMILES string of the molecule is COC(=O)C1=C(CC(=O)OC(C)(C)c2cc3c(C(=O)OC)c(OC)c4ccccc4c3o2)C(=O)c2ccccc2C1=O. The Labute approximate surface area is 239 Å². The monoisotopic (exact) mass is 570 g/mol. The number of furan rings is 1. The Morgan fingerprint density at radius 1 is 0.786 bits per heavy atom. The average molecular weight is 571 g/mol. The first kappa shape index (κ1) is 28.3. The van der Waals surface area contributed by atoms with Crippen molar-refractivity contribution in [2.75, 3.05) is 21.3 Å². The summed E-state index contributed by atoms with van der Waals surface area (Å²) in [4.78, 5) is 65.0. The molecule has 0 saturated carbocycles. The van der Waals surface area contributed by atoms with Gasteiger partial charge in [-0.05, 0) is 19.9 Å². The number of hydrogen-bond donors (Lipinski definition) is 0. The summed E-state index contributed by atoms with van der Waals surface area (Å²) in [7, 11) is 3.78. The molecule has 0 amide bonds. The van der Waals surface area contributed by atoms with E-state index >= 15 is 0 Å². The van der Waals surface area contributed by atoms with Gasteiger partial charge in [-0.15, -0.1) is 0 Å². The third-order valence-corrected chi connectivity index (χ3v) is 7.13. The van der Waals surface area contributed by atoms with Crippen LogP contribution in [0.3, 0.4) is 0 Å². The second-order valence-electron chi connectivity index (χ2n) is 10.0. The lowest BCUT2D eigenvalue weighted by Gasteiger charge is -2.24. The largest absolute Gasteiger partial charge is 0.495 e. The highest BCUT2D eigenvalue weighted by Crippen LogP contribution is 2.42. The molecule has 10 nitrogen and oxygen atoms in total. The second-order valence-corrected chi connectivity index (χ2v) is 10.0. The Morgan fingerprint density at radius 3 is 2.00 bits per heavy atom. The Bertz CT molecular complexity index is 1850. The van der Waals surface area contributed by atoms with Crippen molar-refractivity contribution in [3.05, 3.63) is 88.2 Å². The standard InChI is InChI=1S/C32H26O10/c1-32(2,22-14-21-25(31(37)40-5)29(38-3)19-13-9-8-12-18(19)28(21)41-22)42-23(33)15-20-24(30(36)39-4)27(35)17-11-7-6-10-16(17)26(20)34/h6-14H,15H2,1-5H3. The fourth-order valence-corrected chi connectivity index (χ4v) is 5.16. The van der Waals surface area contributed by atoms with Gasteiger partial charge in [-0.2, -0.15) is 0 Å². The first-order chi connectivity index (χ1) is 20.0. The highest BCUT2D eigenvalue weighted by molar-refractivity contribution is 6.36. The van der Waals surface area contributed by atoms with Crippen LogP contribution in [0.5, 0.6) is 5.75 Å². The molecule has 1 aliphatic rings. The second kappa shape index (κ2) is 10.6. The Balaban J connectivity index is 1.55. The maximum absolute atomic E-state index is 13.3. The number of ether oxygens (including phenoxy) is 4. The zero-order valence-electron chi connectivity index (χ0n) is 23.5. The van der Waals surface area contributed by atoms with Crippen molar-refractivity contribution < 1.29 is 47.3 Å². The lowest BCUT2D eigenvalue weighted by Crippen LogP contribution is -2.30. The Morgan fingerprint density at radius 2 is 1.38 bits per heavy atom. The number of carbonyl (C=O) groups is 5. The number of fused-ring (bicyclic) bond motifs is 4. The van der Waals surface area contributed by atoms with Gasteiger partial charge in [-0.1, -0.05) is 48.5 Å². The topological polar surface area (TPSA) is 135 Å². The minimum atomic E-state index is -1.41. The van der Waals surface area contributed by atoms with Gasteiger partial charge in [0.05, 0.1) is 27.8 Å². The van der Waals surface area contributed by atoms with Crippen LogP contribution in [0.1, 0.15) is 57.1 Å². The van der Waals surface area contributed by atoms with Gasteiger partial charge in [-0.25, -0.2) is 9.59 Å². The Kier molecular flexibility index (Phi) is 7.15. The molecule has 0 atom stereocenters. The molecule has 0 spiro atoms. The van der Waals surface area contributed by atoms with E-state index < -0.39 is 47.1 Å². The van der Waals surface area contributed by atoms with E-state index in [-0.39, 0.29) is 28.0 Å². The van der Waals surface area contributed by atoms with Crippen LogP contribution < -0.4 is 4.74 Å². The molecule has 0 aliphatic heterocycles. The number of Topliss-reactive ketones (excluding diaryl/α,β-unsaturated/α-hetero) is 2. The van der Waals surface area contributed by atoms with E-state index in [4.69, 9.17) is 23.4 Å². The normalized spacial score (nSPS) is 13.3. The molecule has 0 N–H and O–H groups in total. The van der Waals surface area contributed by atoms with E-state index in [0.717, 1.165) is 7.11 Å². The summed E-state index contributed by atoms with van der Waals surface area (Å²) in [6.07, 6.45) is -0.669. The number of esters is 3. The van der Waals surface area contributed by atoms with Gasteiger partial charge in [0.1, 0.15) is 28.2 Å². The first-order valence-electron chi connectivity index (χ1n) is 12.9. The highest BCUT2D eigenvalue weighted by Gasteiger charge is 2.39. The van der Waals surface area contributed by atoms with Crippen LogP contribution in [0.2, 0.25) is 0 Å². The molecule has 5 rings (SSSR count). The third kappa shape index (κ3) is 4.50. The quantitative estimate of drug-likeness (QED) is 0.168. The number of hydrogen-bond acceptors (Lipinski definition) is 10. The van der Waals surface area contributed by atoms with Gasteiger partial charge in [0.2, 0.25) is 5.78 Å². The van der Waals surface area contributed by atoms with Gasteiger partial charge in [0, 0.05) is 32.9 Å². The molecule has 4 aromatic rings. The average Bonchev–Trinajstić information content (AvgIpc) is 3.45. The van der Waals surface area contributed by atoms with Gasteiger partial charge in [-0.3, -0.25) is 14.4 Å². The molecule has 214 valence electrons. The van der Waals surface area contributed by atoms with Crippen molar-refractivity contribution in [2.24, 2.45) is 0 Å². The summed E-state index contributed by atoms with van der Waals surface area (Å²) in [5.41, 5.74) is -1.63. The first-order valence-corrected chi connectivity index (χ1v) is 12.9. The lowest BCUT2D eigenvalue weighted by atomic mass is 9.82. The zero-order chi connectivity index (χ0) is 30.3. The van der Waals surface area contributed by atoms with E-state index in [1.807, 2.05) is 0 Å². The molecule has 42 heavy (non-hydrogen) atoms. The third-order valence-electron chi connectivity index (χ3n) is 7.13. The van der Waals surface area contributed by atoms with Crippen LogP contribution in [0.15, 0.2) is 70.2 Å². The van der Waals surface area contributed by atoms with Crippen molar-refractivity contribution in [1.82, 2.24) is 0 Å². The molecule has 1 aromatic heterocycles. The number of methoxy groups -OCH3 is 3. The molecule has 1 heterocycles. The van der Waals surface area contributed by atoms with Crippen molar-refractivity contribution in [1.29, 1.82) is 0 Å². The molecule has 0 radical (unpaired) electrons. The van der Waals surface area contributed by atoms with Crippen molar-refractivity contribution in [3.63, 3.8) is 0 Å². The van der Waals surface area contributed by atoms with Crippen molar-refractivity contribution >= 4 is 51.2 Å². The molecule has 0 fully saturated rings. The number of rotatable bonds is 7. The van der Waals surface area contributed by atoms with Gasteiger partial charge < -0.3 is 23.4 Å². The number of carbonyl (C=O) groups excluding carboxylic acids is 5. The van der Waals surface area contributed by atoms with Crippen LogP contribution in [0.4, 0.5) is 0 Å². The predicted octanol–water partition coefficient (Wildman–Crippen LogP) is 5.10. The Hall–Kier alpha value is -5.25. The zero-order valence-corrected chi connectivity index (χ0v) is 23.5.